The van der Waals surface area contributed by atoms with E-state index in [2.05, 4.69) is 24.2 Å². The van der Waals surface area contributed by atoms with Gasteiger partial charge in [0.25, 0.3) is 5.91 Å². The van der Waals surface area contributed by atoms with Crippen LogP contribution in [0, 0.1) is 0 Å². The van der Waals surface area contributed by atoms with Crippen molar-refractivity contribution in [2.45, 2.75) is 31.8 Å². The van der Waals surface area contributed by atoms with Crippen molar-refractivity contribution in [1.29, 1.82) is 0 Å². The second-order valence-electron chi connectivity index (χ2n) is 5.48. The number of carbonyl (C=O) groups is 1. The molecule has 1 fully saturated rings. The van der Waals surface area contributed by atoms with E-state index in [0.717, 1.165) is 19.4 Å². The number of hydrogen-bond acceptors (Lipinski definition) is 4. The van der Waals surface area contributed by atoms with Gasteiger partial charge in [-0.05, 0) is 38.9 Å². The van der Waals surface area contributed by atoms with Crippen LogP contribution in [0.15, 0.2) is 24.3 Å². The lowest BCUT2D eigenvalue weighted by Gasteiger charge is -2.35. The Morgan fingerprint density at radius 2 is 2.35 bits per heavy atom. The van der Waals surface area contributed by atoms with E-state index in [4.69, 9.17) is 10.5 Å². The van der Waals surface area contributed by atoms with Crippen molar-refractivity contribution in [3.63, 3.8) is 0 Å². The Balaban J connectivity index is 1.75. The molecule has 1 saturated heterocycles. The predicted molar refractivity (Wildman–Crippen MR) is 79.6 cm³/mol. The molecule has 0 bridgehead atoms. The summed E-state index contributed by atoms with van der Waals surface area (Å²) in [6.45, 7) is 3.23. The highest BCUT2D eigenvalue weighted by Gasteiger charge is 2.23. The summed E-state index contributed by atoms with van der Waals surface area (Å²) in [4.78, 5) is 14.2. The Bertz CT molecular complexity index is 464. The standard InChI is InChI=1S/C15H23N3O2/c1-11-8-13(6-7-18(11)2)17-15(19)10-20-14-5-3-4-12(16)9-14/h3-5,9,11,13H,6-8,10,16H2,1-2H3,(H,17,19). The molecule has 1 aromatic rings. The highest BCUT2D eigenvalue weighted by Crippen LogP contribution is 2.16. The molecule has 1 aliphatic rings. The second-order valence-corrected chi connectivity index (χ2v) is 5.48. The van der Waals surface area contributed by atoms with Gasteiger partial charge in [-0.2, -0.15) is 0 Å². The summed E-state index contributed by atoms with van der Waals surface area (Å²) < 4.78 is 5.44. The van der Waals surface area contributed by atoms with Gasteiger partial charge < -0.3 is 20.7 Å². The lowest BCUT2D eigenvalue weighted by atomic mass is 9.99. The predicted octanol–water partition coefficient (Wildman–Crippen LogP) is 1.25. The molecule has 5 nitrogen and oxygen atoms in total. The van der Waals surface area contributed by atoms with Gasteiger partial charge in [0, 0.05) is 30.4 Å². The van der Waals surface area contributed by atoms with Gasteiger partial charge in [0.2, 0.25) is 0 Å². The Morgan fingerprint density at radius 3 is 3.05 bits per heavy atom. The molecule has 2 atom stereocenters. The number of nitrogens with two attached hydrogens (primary N) is 1. The van der Waals surface area contributed by atoms with Gasteiger partial charge in [-0.3, -0.25) is 4.79 Å². The van der Waals surface area contributed by atoms with Crippen molar-refractivity contribution in [3.8, 4) is 5.75 Å². The Morgan fingerprint density at radius 1 is 1.55 bits per heavy atom. The van der Waals surface area contributed by atoms with Gasteiger partial charge in [-0.25, -0.2) is 0 Å². The maximum Gasteiger partial charge on any atom is 0.258 e. The third kappa shape index (κ3) is 4.13. The fourth-order valence-electron chi connectivity index (χ4n) is 2.44. The van der Waals surface area contributed by atoms with Crippen LogP contribution in [-0.4, -0.2) is 43.1 Å². The van der Waals surface area contributed by atoms with E-state index in [9.17, 15) is 4.79 Å². The summed E-state index contributed by atoms with van der Waals surface area (Å²) in [5.41, 5.74) is 6.29. The third-order valence-electron chi connectivity index (χ3n) is 3.80. The number of rotatable bonds is 4. The highest BCUT2D eigenvalue weighted by molar-refractivity contribution is 5.77. The first-order valence-electron chi connectivity index (χ1n) is 7.02. The lowest BCUT2D eigenvalue weighted by molar-refractivity contribution is -0.124. The lowest BCUT2D eigenvalue weighted by Crippen LogP contribution is -2.48. The van der Waals surface area contributed by atoms with Gasteiger partial charge in [0.15, 0.2) is 6.61 Å². The second kappa shape index (κ2) is 6.61. The Hall–Kier alpha value is -1.75. The molecule has 1 aliphatic heterocycles. The average Bonchev–Trinajstić information content (AvgIpc) is 2.41. The van der Waals surface area contributed by atoms with Crippen molar-refractivity contribution < 1.29 is 9.53 Å². The Kier molecular flexibility index (Phi) is 4.84. The monoisotopic (exact) mass is 277 g/mol. The first kappa shape index (κ1) is 14.7. The molecule has 2 rings (SSSR count). The van der Waals surface area contributed by atoms with Crippen molar-refractivity contribution in [2.24, 2.45) is 0 Å². The summed E-state index contributed by atoms with van der Waals surface area (Å²) in [7, 11) is 2.12. The minimum absolute atomic E-state index is 0.0319. The topological polar surface area (TPSA) is 67.6 Å². The molecule has 5 heteroatoms. The fourth-order valence-corrected chi connectivity index (χ4v) is 2.44. The normalized spacial score (nSPS) is 23.3. The number of carbonyl (C=O) groups excluding carboxylic acids is 1. The molecule has 0 aromatic heterocycles. The Labute approximate surface area is 120 Å². The van der Waals surface area contributed by atoms with Gasteiger partial charge in [0.05, 0.1) is 0 Å². The summed E-state index contributed by atoms with van der Waals surface area (Å²) in [6, 6.07) is 7.85. The minimum atomic E-state index is -0.0748. The van der Waals surface area contributed by atoms with Crippen LogP contribution in [0.25, 0.3) is 0 Å². The minimum Gasteiger partial charge on any atom is -0.484 e. The van der Waals surface area contributed by atoms with E-state index in [0.29, 0.717) is 17.5 Å². The number of nitrogens with one attached hydrogen (secondary N) is 1. The zero-order chi connectivity index (χ0) is 14.5. The first-order valence-corrected chi connectivity index (χ1v) is 7.02. The summed E-state index contributed by atoms with van der Waals surface area (Å²) in [6.07, 6.45) is 1.98. The average molecular weight is 277 g/mol. The molecule has 2 unspecified atom stereocenters. The van der Waals surface area contributed by atoms with Crippen LogP contribution in [0.5, 0.6) is 5.75 Å². The molecule has 1 heterocycles. The number of nitrogen functional groups attached to an aromatic ring is 1. The molecular weight excluding hydrogens is 254 g/mol. The van der Waals surface area contributed by atoms with Gasteiger partial charge >= 0.3 is 0 Å². The van der Waals surface area contributed by atoms with Crippen LogP contribution >= 0.6 is 0 Å². The highest BCUT2D eigenvalue weighted by atomic mass is 16.5. The molecule has 0 saturated carbocycles. The number of amides is 1. The van der Waals surface area contributed by atoms with Gasteiger partial charge in [-0.1, -0.05) is 6.07 Å². The molecule has 1 aromatic carbocycles. The van der Waals surface area contributed by atoms with E-state index in [-0.39, 0.29) is 18.6 Å². The summed E-state index contributed by atoms with van der Waals surface area (Å²) >= 11 is 0. The number of nitrogens with zero attached hydrogens (tertiary/aromatic N) is 1. The summed E-state index contributed by atoms with van der Waals surface area (Å²) in [5.74, 6) is 0.547. The number of likely N-dealkylation sites (tertiary alicyclic amines) is 1. The quantitative estimate of drug-likeness (QED) is 0.813. The molecule has 1 amide bonds. The number of benzene rings is 1. The zero-order valence-corrected chi connectivity index (χ0v) is 12.1. The molecule has 20 heavy (non-hydrogen) atoms. The first-order chi connectivity index (χ1) is 9.54. The van der Waals surface area contributed by atoms with Crippen LogP contribution < -0.4 is 15.8 Å². The van der Waals surface area contributed by atoms with Gasteiger partial charge in [0.1, 0.15) is 5.75 Å². The maximum absolute atomic E-state index is 11.9. The maximum atomic E-state index is 11.9. The van der Waals surface area contributed by atoms with Crippen LogP contribution in [0.2, 0.25) is 0 Å². The van der Waals surface area contributed by atoms with Crippen molar-refractivity contribution in [1.82, 2.24) is 10.2 Å². The molecule has 3 N–H and O–H groups in total. The van der Waals surface area contributed by atoms with E-state index >= 15 is 0 Å². The van der Waals surface area contributed by atoms with E-state index in [1.54, 1.807) is 24.3 Å². The van der Waals surface area contributed by atoms with Crippen LogP contribution in [-0.2, 0) is 4.79 Å². The van der Waals surface area contributed by atoms with E-state index < -0.39 is 0 Å². The fraction of sp³-hybridized carbons (Fsp3) is 0.533. The summed E-state index contributed by atoms with van der Waals surface area (Å²) in [5, 5.41) is 3.03. The number of piperidine rings is 1. The molecule has 0 radical (unpaired) electrons. The molecule has 0 aliphatic carbocycles. The molecular formula is C15H23N3O2. The van der Waals surface area contributed by atoms with Crippen molar-refractivity contribution >= 4 is 11.6 Å². The van der Waals surface area contributed by atoms with Gasteiger partial charge in [-0.15, -0.1) is 0 Å². The largest absolute Gasteiger partial charge is 0.484 e. The zero-order valence-electron chi connectivity index (χ0n) is 12.1. The number of hydrogen-bond donors (Lipinski definition) is 2. The van der Waals surface area contributed by atoms with Crippen LogP contribution in [0.3, 0.4) is 0 Å². The van der Waals surface area contributed by atoms with Crippen LogP contribution in [0.1, 0.15) is 19.8 Å². The van der Waals surface area contributed by atoms with Crippen LogP contribution in [0.4, 0.5) is 5.69 Å². The van der Waals surface area contributed by atoms with E-state index in [1.165, 1.54) is 0 Å². The van der Waals surface area contributed by atoms with E-state index in [1.807, 2.05) is 0 Å². The number of ether oxygens (including phenoxy) is 1. The van der Waals surface area contributed by atoms with Crippen molar-refractivity contribution in [2.75, 3.05) is 25.9 Å². The molecule has 0 spiro atoms. The third-order valence-corrected chi connectivity index (χ3v) is 3.80. The SMILES string of the molecule is CC1CC(NC(=O)COc2cccc(N)c2)CCN1C. The molecule has 110 valence electrons. The van der Waals surface area contributed by atoms with Crippen molar-refractivity contribution in [3.05, 3.63) is 24.3 Å². The smallest absolute Gasteiger partial charge is 0.258 e. The number of anilines is 1.